The Balaban J connectivity index is 1.43. The van der Waals surface area contributed by atoms with Gasteiger partial charge in [-0.05, 0) is 42.8 Å². The highest BCUT2D eigenvalue weighted by Gasteiger charge is 2.46. The Morgan fingerprint density at radius 3 is 2.32 bits per heavy atom. The standard InChI is InChI=1S/C22H25N3O3/c1-16-5-3-4-6-19(16)25-21(26)15-20(22(25)27)24-13-11-23(12-14-24)17-7-9-18(28-2)10-8-17/h3-10,20H,11-15H2,1-2H3/p+1/t20-/m0/s1. The van der Waals surface area contributed by atoms with Gasteiger partial charge in [0, 0.05) is 5.69 Å². The minimum atomic E-state index is -0.273. The number of quaternary nitrogens is 1. The molecule has 1 atom stereocenters. The first kappa shape index (κ1) is 18.5. The van der Waals surface area contributed by atoms with Gasteiger partial charge in [0.25, 0.3) is 5.91 Å². The largest absolute Gasteiger partial charge is 0.497 e. The lowest BCUT2D eigenvalue weighted by atomic mass is 10.1. The average Bonchev–Trinajstić information content (AvgIpc) is 3.03. The van der Waals surface area contributed by atoms with Crippen LogP contribution in [0.4, 0.5) is 11.4 Å². The molecule has 0 aliphatic carbocycles. The second kappa shape index (κ2) is 7.64. The molecule has 6 nitrogen and oxygen atoms in total. The van der Waals surface area contributed by atoms with Crippen LogP contribution in [0.3, 0.4) is 0 Å². The van der Waals surface area contributed by atoms with Crippen LogP contribution in [-0.4, -0.2) is 51.1 Å². The summed E-state index contributed by atoms with van der Waals surface area (Å²) >= 11 is 0. The van der Waals surface area contributed by atoms with Gasteiger partial charge in [-0.1, -0.05) is 18.2 Å². The fourth-order valence-electron chi connectivity index (χ4n) is 4.21. The molecule has 2 amide bonds. The van der Waals surface area contributed by atoms with Crippen LogP contribution in [-0.2, 0) is 9.59 Å². The first-order valence-corrected chi connectivity index (χ1v) is 9.74. The van der Waals surface area contributed by atoms with E-state index in [0.29, 0.717) is 6.42 Å². The van der Waals surface area contributed by atoms with E-state index in [4.69, 9.17) is 4.74 Å². The summed E-state index contributed by atoms with van der Waals surface area (Å²) in [5.41, 5.74) is 2.83. The zero-order chi connectivity index (χ0) is 19.7. The first-order chi connectivity index (χ1) is 13.6. The normalized spacial score (nSPS) is 20.7. The number of anilines is 2. The van der Waals surface area contributed by atoms with Gasteiger partial charge in [-0.25, -0.2) is 4.90 Å². The van der Waals surface area contributed by atoms with E-state index in [1.807, 2.05) is 43.3 Å². The summed E-state index contributed by atoms with van der Waals surface area (Å²) < 4.78 is 5.22. The number of aryl methyl sites for hydroxylation is 1. The third-order valence-electron chi connectivity index (χ3n) is 5.84. The topological polar surface area (TPSA) is 54.3 Å². The maximum atomic E-state index is 13.0. The second-order valence-electron chi connectivity index (χ2n) is 7.45. The molecule has 146 valence electrons. The highest BCUT2D eigenvalue weighted by Crippen LogP contribution is 2.25. The molecule has 0 unspecified atom stereocenters. The minimum Gasteiger partial charge on any atom is -0.497 e. The van der Waals surface area contributed by atoms with E-state index in [-0.39, 0.29) is 17.9 Å². The van der Waals surface area contributed by atoms with E-state index < -0.39 is 0 Å². The summed E-state index contributed by atoms with van der Waals surface area (Å²) in [6, 6.07) is 15.4. The molecular weight excluding hydrogens is 354 g/mol. The molecule has 0 saturated carbocycles. The van der Waals surface area contributed by atoms with E-state index in [1.165, 1.54) is 9.80 Å². The third-order valence-corrected chi connectivity index (χ3v) is 5.84. The average molecular weight is 380 g/mol. The van der Waals surface area contributed by atoms with Crippen molar-refractivity contribution < 1.29 is 19.2 Å². The van der Waals surface area contributed by atoms with E-state index in [9.17, 15) is 9.59 Å². The van der Waals surface area contributed by atoms with Crippen LogP contribution in [0.5, 0.6) is 5.75 Å². The summed E-state index contributed by atoms with van der Waals surface area (Å²) in [7, 11) is 1.66. The van der Waals surface area contributed by atoms with E-state index >= 15 is 0 Å². The highest BCUT2D eigenvalue weighted by atomic mass is 16.5. The smallest absolute Gasteiger partial charge is 0.292 e. The minimum absolute atomic E-state index is 0.0628. The van der Waals surface area contributed by atoms with Crippen LogP contribution < -0.4 is 19.4 Å². The molecular formula is C22H26N3O3+. The number of amides is 2. The summed E-state index contributed by atoms with van der Waals surface area (Å²) in [5, 5.41) is 0. The van der Waals surface area contributed by atoms with Gasteiger partial charge in [0.05, 0.1) is 45.4 Å². The molecule has 2 aliphatic rings. The molecule has 6 heteroatoms. The van der Waals surface area contributed by atoms with E-state index in [1.54, 1.807) is 7.11 Å². The summed E-state index contributed by atoms with van der Waals surface area (Å²) in [6.07, 6.45) is 0.297. The zero-order valence-electron chi connectivity index (χ0n) is 16.4. The molecule has 2 heterocycles. The Morgan fingerprint density at radius 1 is 1.00 bits per heavy atom. The number of nitrogens with one attached hydrogen (secondary N) is 1. The lowest BCUT2D eigenvalue weighted by Gasteiger charge is -2.35. The van der Waals surface area contributed by atoms with Crippen molar-refractivity contribution >= 4 is 23.2 Å². The maximum Gasteiger partial charge on any atom is 0.292 e. The Labute approximate surface area is 165 Å². The lowest BCUT2D eigenvalue weighted by molar-refractivity contribution is -0.915. The molecule has 2 aromatic rings. The van der Waals surface area contributed by atoms with Crippen LogP contribution in [0, 0.1) is 6.92 Å². The summed E-state index contributed by atoms with van der Waals surface area (Å²) in [4.78, 5) is 30.6. The van der Waals surface area contributed by atoms with Gasteiger partial charge in [-0.15, -0.1) is 0 Å². The monoisotopic (exact) mass is 380 g/mol. The van der Waals surface area contributed by atoms with E-state index in [0.717, 1.165) is 48.9 Å². The number of rotatable bonds is 4. The Kier molecular flexibility index (Phi) is 5.05. The predicted octanol–water partition coefficient (Wildman–Crippen LogP) is 1.04. The number of ether oxygens (including phenoxy) is 1. The fraction of sp³-hybridized carbons (Fsp3) is 0.364. The number of benzene rings is 2. The van der Waals surface area contributed by atoms with Crippen molar-refractivity contribution in [1.29, 1.82) is 0 Å². The van der Waals surface area contributed by atoms with Gasteiger partial charge in [-0.2, -0.15) is 0 Å². The summed E-state index contributed by atoms with van der Waals surface area (Å²) in [6.45, 7) is 5.35. The van der Waals surface area contributed by atoms with Gasteiger partial charge in [0.15, 0.2) is 6.04 Å². The van der Waals surface area contributed by atoms with Crippen LogP contribution in [0.1, 0.15) is 12.0 Å². The molecule has 28 heavy (non-hydrogen) atoms. The quantitative estimate of drug-likeness (QED) is 0.806. The van der Waals surface area contributed by atoms with Crippen LogP contribution in [0.2, 0.25) is 0 Å². The molecule has 2 saturated heterocycles. The number of hydrogen-bond donors (Lipinski definition) is 1. The number of methoxy groups -OCH3 is 1. The first-order valence-electron chi connectivity index (χ1n) is 9.74. The Morgan fingerprint density at radius 2 is 1.68 bits per heavy atom. The van der Waals surface area contributed by atoms with Crippen molar-refractivity contribution in [2.45, 2.75) is 19.4 Å². The number of piperazine rings is 1. The number of hydrogen-bond acceptors (Lipinski definition) is 4. The van der Waals surface area contributed by atoms with E-state index in [2.05, 4.69) is 17.0 Å². The van der Waals surface area contributed by atoms with Crippen LogP contribution in [0.25, 0.3) is 0 Å². The number of para-hydroxylation sites is 1. The highest BCUT2D eigenvalue weighted by molar-refractivity contribution is 6.22. The molecule has 0 bridgehead atoms. The predicted molar refractivity (Wildman–Crippen MR) is 108 cm³/mol. The van der Waals surface area contributed by atoms with Crippen molar-refractivity contribution in [3.63, 3.8) is 0 Å². The molecule has 0 spiro atoms. The van der Waals surface area contributed by atoms with Gasteiger partial charge >= 0.3 is 0 Å². The van der Waals surface area contributed by atoms with Crippen molar-refractivity contribution in [2.75, 3.05) is 43.1 Å². The Hall–Kier alpha value is -2.86. The molecule has 0 aromatic heterocycles. The molecule has 2 aliphatic heterocycles. The second-order valence-corrected chi connectivity index (χ2v) is 7.45. The number of carbonyl (C=O) groups excluding carboxylic acids is 2. The molecule has 1 N–H and O–H groups in total. The van der Waals surface area contributed by atoms with Gasteiger partial charge in [-0.3, -0.25) is 9.59 Å². The lowest BCUT2D eigenvalue weighted by Crippen LogP contribution is -3.19. The van der Waals surface area contributed by atoms with Gasteiger partial charge in [0.2, 0.25) is 5.91 Å². The maximum absolute atomic E-state index is 13.0. The molecule has 4 rings (SSSR count). The van der Waals surface area contributed by atoms with Crippen molar-refractivity contribution in [3.8, 4) is 5.75 Å². The fourth-order valence-corrected chi connectivity index (χ4v) is 4.21. The van der Waals surface area contributed by atoms with Crippen molar-refractivity contribution in [3.05, 3.63) is 54.1 Å². The van der Waals surface area contributed by atoms with Crippen LogP contribution >= 0.6 is 0 Å². The SMILES string of the molecule is COc1ccc(N2CC[NH+]([C@H]3CC(=O)N(c4ccccc4C)C3=O)CC2)cc1. The molecule has 2 fully saturated rings. The van der Waals surface area contributed by atoms with Gasteiger partial charge < -0.3 is 14.5 Å². The zero-order valence-corrected chi connectivity index (χ0v) is 16.4. The van der Waals surface area contributed by atoms with Crippen molar-refractivity contribution in [2.24, 2.45) is 0 Å². The molecule has 0 radical (unpaired) electrons. The number of carbonyl (C=O) groups is 2. The Bertz CT molecular complexity index is 873. The number of imide groups is 1. The number of nitrogens with zero attached hydrogens (tertiary/aromatic N) is 2. The third kappa shape index (κ3) is 3.36. The summed E-state index contributed by atoms with van der Waals surface area (Å²) in [5.74, 6) is 0.695. The van der Waals surface area contributed by atoms with Crippen molar-refractivity contribution in [1.82, 2.24) is 0 Å². The molecule has 2 aromatic carbocycles. The van der Waals surface area contributed by atoms with Gasteiger partial charge in [0.1, 0.15) is 5.75 Å². The van der Waals surface area contributed by atoms with Crippen LogP contribution in [0.15, 0.2) is 48.5 Å².